The molecule has 1 aliphatic carbocycles. The molecule has 4 heteroatoms. The molecule has 4 nitrogen and oxygen atoms in total. The van der Waals surface area contributed by atoms with Gasteiger partial charge in [0, 0.05) is 23.5 Å². The molecular formula is C14H15N3O. The second kappa shape index (κ2) is 4.15. The number of nitrogens with zero attached hydrogens (tertiary/aromatic N) is 2. The fourth-order valence-corrected chi connectivity index (χ4v) is 1.94. The van der Waals surface area contributed by atoms with Gasteiger partial charge in [0.15, 0.2) is 0 Å². The normalized spacial score (nSPS) is 16.6. The maximum Gasteiger partial charge on any atom is 0.0852 e. The molecule has 3 N–H and O–H groups in total. The van der Waals surface area contributed by atoms with Crippen LogP contribution in [0.1, 0.15) is 24.2 Å². The zero-order valence-corrected chi connectivity index (χ0v) is 10.0. The highest BCUT2D eigenvalue weighted by Crippen LogP contribution is 2.41. The van der Waals surface area contributed by atoms with Crippen LogP contribution in [0, 0.1) is 0 Å². The van der Waals surface area contributed by atoms with Crippen molar-refractivity contribution in [2.24, 2.45) is 5.73 Å². The van der Waals surface area contributed by atoms with Gasteiger partial charge in [0.1, 0.15) is 0 Å². The van der Waals surface area contributed by atoms with Crippen molar-refractivity contribution in [2.75, 3.05) is 0 Å². The first-order valence-electron chi connectivity index (χ1n) is 6.03. The fraction of sp³-hybridized carbons (Fsp3) is 0.286. The summed E-state index contributed by atoms with van der Waals surface area (Å²) in [5.41, 5.74) is 9.55. The van der Waals surface area contributed by atoms with E-state index in [2.05, 4.69) is 9.97 Å². The van der Waals surface area contributed by atoms with Crippen molar-refractivity contribution in [2.45, 2.75) is 25.0 Å². The van der Waals surface area contributed by atoms with E-state index in [0.717, 1.165) is 29.7 Å². The van der Waals surface area contributed by atoms with Crippen LogP contribution in [0.25, 0.3) is 11.1 Å². The number of aromatic nitrogens is 2. The van der Waals surface area contributed by atoms with E-state index in [1.807, 2.05) is 30.5 Å². The summed E-state index contributed by atoms with van der Waals surface area (Å²) in [6.45, 7) is -0.0346. The number of hydrogen-bond acceptors (Lipinski definition) is 4. The monoisotopic (exact) mass is 241 g/mol. The Kier molecular flexibility index (Phi) is 2.61. The van der Waals surface area contributed by atoms with Gasteiger partial charge in [0.25, 0.3) is 0 Å². The third-order valence-corrected chi connectivity index (χ3v) is 3.38. The Labute approximate surface area is 106 Å². The quantitative estimate of drug-likeness (QED) is 0.855. The van der Waals surface area contributed by atoms with Crippen molar-refractivity contribution in [1.29, 1.82) is 0 Å². The Morgan fingerprint density at radius 1 is 1.06 bits per heavy atom. The minimum atomic E-state index is -0.183. The van der Waals surface area contributed by atoms with E-state index in [-0.39, 0.29) is 12.1 Å². The smallest absolute Gasteiger partial charge is 0.0852 e. The highest BCUT2D eigenvalue weighted by atomic mass is 16.3. The predicted molar refractivity (Wildman–Crippen MR) is 68.5 cm³/mol. The van der Waals surface area contributed by atoms with E-state index < -0.39 is 0 Å². The molecule has 0 unspecified atom stereocenters. The summed E-state index contributed by atoms with van der Waals surface area (Å²) < 4.78 is 0. The van der Waals surface area contributed by atoms with Gasteiger partial charge in [0.2, 0.25) is 0 Å². The average molecular weight is 241 g/mol. The van der Waals surface area contributed by atoms with Crippen molar-refractivity contribution in [1.82, 2.24) is 9.97 Å². The molecule has 1 fully saturated rings. The predicted octanol–water partition coefficient (Wildman–Crippen LogP) is 1.58. The third-order valence-electron chi connectivity index (χ3n) is 3.38. The number of rotatable bonds is 3. The highest BCUT2D eigenvalue weighted by molar-refractivity contribution is 5.61. The number of pyridine rings is 2. The lowest BCUT2D eigenvalue weighted by Crippen LogP contribution is -2.19. The van der Waals surface area contributed by atoms with Crippen LogP contribution in [-0.4, -0.2) is 15.1 Å². The third kappa shape index (κ3) is 2.00. The molecule has 2 aromatic rings. The summed E-state index contributed by atoms with van der Waals surface area (Å²) in [4.78, 5) is 8.58. The summed E-state index contributed by atoms with van der Waals surface area (Å²) in [5.74, 6) is 0. The minimum Gasteiger partial charge on any atom is -0.390 e. The molecular weight excluding hydrogens is 226 g/mol. The Balaban J connectivity index is 1.87. The van der Waals surface area contributed by atoms with Gasteiger partial charge in [-0.05, 0) is 25.0 Å². The first-order valence-corrected chi connectivity index (χ1v) is 6.03. The largest absolute Gasteiger partial charge is 0.390 e. The van der Waals surface area contributed by atoms with Gasteiger partial charge >= 0.3 is 0 Å². The number of nitrogens with two attached hydrogens (primary N) is 1. The fourth-order valence-electron chi connectivity index (χ4n) is 1.94. The molecule has 1 saturated carbocycles. The average Bonchev–Trinajstić information content (AvgIpc) is 3.18. The van der Waals surface area contributed by atoms with E-state index in [1.165, 1.54) is 0 Å². The maximum atomic E-state index is 8.94. The molecule has 0 amide bonds. The van der Waals surface area contributed by atoms with Gasteiger partial charge in [-0.1, -0.05) is 12.1 Å². The molecule has 0 spiro atoms. The van der Waals surface area contributed by atoms with E-state index in [4.69, 9.17) is 10.8 Å². The van der Waals surface area contributed by atoms with E-state index in [9.17, 15) is 0 Å². The molecule has 2 heterocycles. The molecule has 18 heavy (non-hydrogen) atoms. The number of hydrogen-bond donors (Lipinski definition) is 2. The lowest BCUT2D eigenvalue weighted by atomic mass is 10.1. The van der Waals surface area contributed by atoms with Crippen molar-refractivity contribution >= 4 is 0 Å². The summed E-state index contributed by atoms with van der Waals surface area (Å²) in [6.07, 6.45) is 5.62. The Hall–Kier alpha value is -1.78. The summed E-state index contributed by atoms with van der Waals surface area (Å²) in [6, 6.07) is 7.76. The molecule has 3 rings (SSSR count). The lowest BCUT2D eigenvalue weighted by Gasteiger charge is -2.08. The molecule has 1 aliphatic rings. The van der Waals surface area contributed by atoms with Crippen LogP contribution < -0.4 is 5.73 Å². The second-order valence-corrected chi connectivity index (χ2v) is 4.78. The SMILES string of the molecule is NC1(c2ccc(-c3ccc(CO)nc3)cn2)CC1. The highest BCUT2D eigenvalue weighted by Gasteiger charge is 2.41. The number of aliphatic hydroxyl groups excluding tert-OH is 1. The molecule has 0 saturated heterocycles. The van der Waals surface area contributed by atoms with Crippen LogP contribution >= 0.6 is 0 Å². The molecule has 0 aromatic carbocycles. The maximum absolute atomic E-state index is 8.94. The molecule has 2 aromatic heterocycles. The summed E-state index contributed by atoms with van der Waals surface area (Å²) in [5, 5.41) is 8.94. The van der Waals surface area contributed by atoms with Crippen LogP contribution in [0.15, 0.2) is 36.7 Å². The van der Waals surface area contributed by atoms with E-state index in [1.54, 1.807) is 6.20 Å². The second-order valence-electron chi connectivity index (χ2n) is 4.78. The molecule has 0 atom stereocenters. The van der Waals surface area contributed by atoms with Crippen molar-refractivity contribution < 1.29 is 5.11 Å². The Bertz CT molecular complexity index is 544. The van der Waals surface area contributed by atoms with E-state index >= 15 is 0 Å². The van der Waals surface area contributed by atoms with Crippen LogP contribution in [0.4, 0.5) is 0 Å². The first-order chi connectivity index (χ1) is 8.71. The zero-order valence-electron chi connectivity index (χ0n) is 10.0. The Morgan fingerprint density at radius 3 is 2.17 bits per heavy atom. The van der Waals surface area contributed by atoms with Crippen molar-refractivity contribution in [3.05, 3.63) is 48.0 Å². The van der Waals surface area contributed by atoms with Crippen molar-refractivity contribution in [3.63, 3.8) is 0 Å². The van der Waals surface area contributed by atoms with Gasteiger partial charge < -0.3 is 10.8 Å². The topological polar surface area (TPSA) is 72.0 Å². The lowest BCUT2D eigenvalue weighted by molar-refractivity contribution is 0.277. The van der Waals surface area contributed by atoms with Crippen molar-refractivity contribution in [3.8, 4) is 11.1 Å². The van der Waals surface area contributed by atoms with Gasteiger partial charge in [-0.25, -0.2) is 0 Å². The minimum absolute atomic E-state index is 0.0346. The molecule has 0 aliphatic heterocycles. The number of aliphatic hydroxyl groups is 1. The zero-order chi connectivity index (χ0) is 12.6. The van der Waals surface area contributed by atoms with Gasteiger partial charge in [-0.3, -0.25) is 9.97 Å². The van der Waals surface area contributed by atoms with Gasteiger partial charge in [-0.15, -0.1) is 0 Å². The Morgan fingerprint density at radius 2 is 1.72 bits per heavy atom. The molecule has 0 radical (unpaired) electrons. The van der Waals surface area contributed by atoms with Crippen LogP contribution in [0.2, 0.25) is 0 Å². The van der Waals surface area contributed by atoms with Crippen LogP contribution in [0.3, 0.4) is 0 Å². The standard InChI is InChI=1S/C14H15N3O/c15-14(5-6-14)13-4-2-11(8-17-13)10-1-3-12(9-18)16-7-10/h1-4,7-8,18H,5-6,9,15H2. The summed E-state index contributed by atoms with van der Waals surface area (Å²) in [7, 11) is 0. The summed E-state index contributed by atoms with van der Waals surface area (Å²) >= 11 is 0. The van der Waals surface area contributed by atoms with E-state index in [0.29, 0.717) is 5.69 Å². The molecule has 0 bridgehead atoms. The molecule has 92 valence electrons. The van der Waals surface area contributed by atoms with Gasteiger partial charge in [-0.2, -0.15) is 0 Å². The van der Waals surface area contributed by atoms with Gasteiger partial charge in [0.05, 0.1) is 23.5 Å². The van der Waals surface area contributed by atoms with Crippen LogP contribution in [0.5, 0.6) is 0 Å². The first kappa shape index (κ1) is 11.3. The van der Waals surface area contributed by atoms with Crippen LogP contribution in [-0.2, 0) is 12.1 Å².